The van der Waals surface area contributed by atoms with Gasteiger partial charge in [-0.05, 0) is 24.6 Å². The van der Waals surface area contributed by atoms with E-state index in [2.05, 4.69) is 13.5 Å². The molecule has 0 fully saturated rings. The van der Waals surface area contributed by atoms with Gasteiger partial charge in [0.05, 0.1) is 12.2 Å². The van der Waals surface area contributed by atoms with E-state index in [1.807, 2.05) is 6.92 Å². The Kier molecular flexibility index (Phi) is 5.43. The lowest BCUT2D eigenvalue weighted by Gasteiger charge is -2.15. The fourth-order valence-corrected chi connectivity index (χ4v) is 1.62. The fourth-order valence-electron chi connectivity index (χ4n) is 1.62. The summed E-state index contributed by atoms with van der Waals surface area (Å²) in [4.78, 5) is 11.0. The van der Waals surface area contributed by atoms with Crippen LogP contribution in [0.15, 0.2) is 30.9 Å². The second kappa shape index (κ2) is 6.84. The predicted octanol–water partition coefficient (Wildman–Crippen LogP) is 3.85. The third kappa shape index (κ3) is 3.62. The van der Waals surface area contributed by atoms with Gasteiger partial charge in [-0.3, -0.25) is 0 Å². The third-order valence-corrected chi connectivity index (χ3v) is 2.86. The maximum atomic E-state index is 11.0. The molecule has 3 heteroatoms. The first-order chi connectivity index (χ1) is 8.60. The van der Waals surface area contributed by atoms with Gasteiger partial charge >= 0.3 is 5.97 Å². The van der Waals surface area contributed by atoms with Crippen molar-refractivity contribution in [1.29, 1.82) is 0 Å². The zero-order chi connectivity index (χ0) is 13.5. The standard InChI is InChI=1S/C15H20O3/c1-4-6-9-18-14-8-7-12(15(16)17)10-13(14)11(3)5-2/h5,7-8,10-11H,2,4,6,9H2,1,3H3,(H,16,17). The molecular formula is C15H20O3. The second-order valence-corrected chi connectivity index (χ2v) is 4.28. The smallest absolute Gasteiger partial charge is 0.335 e. The maximum Gasteiger partial charge on any atom is 0.335 e. The molecule has 1 unspecified atom stereocenters. The number of hydrogen-bond donors (Lipinski definition) is 1. The number of ether oxygens (including phenoxy) is 1. The van der Waals surface area contributed by atoms with Crippen LogP contribution in [0.1, 0.15) is 48.5 Å². The van der Waals surface area contributed by atoms with Crippen molar-refractivity contribution in [3.63, 3.8) is 0 Å². The van der Waals surface area contributed by atoms with Gasteiger partial charge in [-0.2, -0.15) is 0 Å². The number of carboxylic acid groups (broad SMARTS) is 1. The lowest BCUT2D eigenvalue weighted by molar-refractivity contribution is 0.0696. The molecule has 0 saturated heterocycles. The second-order valence-electron chi connectivity index (χ2n) is 4.28. The van der Waals surface area contributed by atoms with E-state index in [-0.39, 0.29) is 11.5 Å². The van der Waals surface area contributed by atoms with Crippen LogP contribution in [0.5, 0.6) is 5.75 Å². The average Bonchev–Trinajstić information content (AvgIpc) is 2.38. The SMILES string of the molecule is C=CC(C)c1cc(C(=O)O)ccc1OCCCC. The summed E-state index contributed by atoms with van der Waals surface area (Å²) < 4.78 is 5.69. The molecule has 0 aliphatic heterocycles. The zero-order valence-corrected chi connectivity index (χ0v) is 11.0. The average molecular weight is 248 g/mol. The van der Waals surface area contributed by atoms with Gasteiger partial charge in [0.1, 0.15) is 5.75 Å². The van der Waals surface area contributed by atoms with Crippen molar-refractivity contribution in [1.82, 2.24) is 0 Å². The largest absolute Gasteiger partial charge is 0.493 e. The summed E-state index contributed by atoms with van der Waals surface area (Å²) in [7, 11) is 0. The van der Waals surface area contributed by atoms with Crippen LogP contribution in [0, 0.1) is 0 Å². The van der Waals surface area contributed by atoms with Gasteiger partial charge in [-0.25, -0.2) is 4.79 Å². The van der Waals surface area contributed by atoms with Crippen LogP contribution in [0.4, 0.5) is 0 Å². The third-order valence-electron chi connectivity index (χ3n) is 2.86. The van der Waals surface area contributed by atoms with Crippen molar-refractivity contribution in [2.24, 2.45) is 0 Å². The summed E-state index contributed by atoms with van der Waals surface area (Å²) in [5, 5.41) is 9.00. The van der Waals surface area contributed by atoms with Crippen molar-refractivity contribution >= 4 is 5.97 Å². The Morgan fingerprint density at radius 3 is 2.83 bits per heavy atom. The van der Waals surface area contributed by atoms with Gasteiger partial charge < -0.3 is 9.84 Å². The molecule has 0 heterocycles. The molecule has 1 N–H and O–H groups in total. The van der Waals surface area contributed by atoms with Gasteiger partial charge in [-0.1, -0.05) is 26.3 Å². The first kappa shape index (κ1) is 14.3. The topological polar surface area (TPSA) is 46.5 Å². The lowest BCUT2D eigenvalue weighted by Crippen LogP contribution is -2.04. The van der Waals surface area contributed by atoms with Crippen LogP contribution in [-0.2, 0) is 0 Å². The number of benzene rings is 1. The summed E-state index contributed by atoms with van der Waals surface area (Å²) in [6, 6.07) is 4.97. The number of carboxylic acids is 1. The Hall–Kier alpha value is -1.77. The van der Waals surface area contributed by atoms with E-state index in [1.54, 1.807) is 24.3 Å². The maximum absolute atomic E-state index is 11.0. The molecule has 1 aromatic rings. The minimum atomic E-state index is -0.923. The van der Waals surface area contributed by atoms with E-state index in [0.717, 1.165) is 24.2 Å². The monoisotopic (exact) mass is 248 g/mol. The molecule has 1 atom stereocenters. The molecule has 1 aromatic carbocycles. The quantitative estimate of drug-likeness (QED) is 0.589. The Morgan fingerprint density at radius 2 is 2.28 bits per heavy atom. The molecule has 0 bridgehead atoms. The number of aromatic carboxylic acids is 1. The Balaban J connectivity index is 3.00. The van der Waals surface area contributed by atoms with E-state index >= 15 is 0 Å². The van der Waals surface area contributed by atoms with Crippen LogP contribution in [0.3, 0.4) is 0 Å². The summed E-state index contributed by atoms with van der Waals surface area (Å²) in [6.07, 6.45) is 3.84. The Bertz CT molecular complexity index is 424. The highest BCUT2D eigenvalue weighted by Gasteiger charge is 2.13. The lowest BCUT2D eigenvalue weighted by atomic mass is 9.98. The number of hydrogen-bond acceptors (Lipinski definition) is 2. The van der Waals surface area contributed by atoms with Crippen molar-refractivity contribution in [2.75, 3.05) is 6.61 Å². The van der Waals surface area contributed by atoms with Crippen molar-refractivity contribution in [2.45, 2.75) is 32.6 Å². The van der Waals surface area contributed by atoms with E-state index < -0.39 is 5.97 Å². The molecule has 98 valence electrons. The molecule has 0 aliphatic rings. The normalized spacial score (nSPS) is 11.9. The number of carbonyl (C=O) groups is 1. The first-order valence-electron chi connectivity index (χ1n) is 6.22. The van der Waals surface area contributed by atoms with Gasteiger partial charge in [0, 0.05) is 11.5 Å². The summed E-state index contributed by atoms with van der Waals surface area (Å²) >= 11 is 0. The first-order valence-corrected chi connectivity index (χ1v) is 6.22. The van der Waals surface area contributed by atoms with Crippen molar-refractivity contribution < 1.29 is 14.6 Å². The minimum absolute atomic E-state index is 0.0703. The number of rotatable bonds is 7. The van der Waals surface area contributed by atoms with Crippen molar-refractivity contribution in [3.8, 4) is 5.75 Å². The van der Waals surface area contributed by atoms with E-state index in [0.29, 0.717) is 6.61 Å². The van der Waals surface area contributed by atoms with Gasteiger partial charge in [-0.15, -0.1) is 6.58 Å². The molecular weight excluding hydrogens is 228 g/mol. The van der Waals surface area contributed by atoms with Gasteiger partial charge in [0.15, 0.2) is 0 Å². The predicted molar refractivity (Wildman–Crippen MR) is 72.4 cm³/mol. The highest BCUT2D eigenvalue weighted by atomic mass is 16.5. The minimum Gasteiger partial charge on any atom is -0.493 e. The van der Waals surface area contributed by atoms with Crippen LogP contribution in [0.25, 0.3) is 0 Å². The summed E-state index contributed by atoms with van der Waals surface area (Å²) in [6.45, 7) is 8.47. The Labute approximate surface area is 108 Å². The van der Waals surface area contributed by atoms with E-state index in [9.17, 15) is 4.79 Å². The van der Waals surface area contributed by atoms with Gasteiger partial charge in [0.2, 0.25) is 0 Å². The summed E-state index contributed by atoms with van der Waals surface area (Å²) in [5.41, 5.74) is 1.16. The molecule has 0 spiro atoms. The summed E-state index contributed by atoms with van der Waals surface area (Å²) in [5.74, 6) is -0.102. The molecule has 0 radical (unpaired) electrons. The van der Waals surface area contributed by atoms with Crippen LogP contribution >= 0.6 is 0 Å². The molecule has 1 rings (SSSR count). The molecule has 0 amide bonds. The number of allylic oxidation sites excluding steroid dienone is 1. The van der Waals surface area contributed by atoms with E-state index in [1.165, 1.54) is 0 Å². The van der Waals surface area contributed by atoms with E-state index in [4.69, 9.17) is 9.84 Å². The molecule has 0 saturated carbocycles. The zero-order valence-electron chi connectivity index (χ0n) is 11.0. The highest BCUT2D eigenvalue weighted by molar-refractivity contribution is 5.88. The van der Waals surface area contributed by atoms with Crippen LogP contribution in [0.2, 0.25) is 0 Å². The molecule has 0 aliphatic carbocycles. The van der Waals surface area contributed by atoms with Crippen LogP contribution < -0.4 is 4.74 Å². The molecule has 3 nitrogen and oxygen atoms in total. The Morgan fingerprint density at radius 1 is 1.56 bits per heavy atom. The molecule has 0 aromatic heterocycles. The molecule has 18 heavy (non-hydrogen) atoms. The van der Waals surface area contributed by atoms with Crippen LogP contribution in [-0.4, -0.2) is 17.7 Å². The van der Waals surface area contributed by atoms with Crippen molar-refractivity contribution in [3.05, 3.63) is 42.0 Å². The fraction of sp³-hybridized carbons (Fsp3) is 0.400. The number of unbranched alkanes of at least 4 members (excludes halogenated alkanes) is 1. The highest BCUT2D eigenvalue weighted by Crippen LogP contribution is 2.28. The van der Waals surface area contributed by atoms with Gasteiger partial charge in [0.25, 0.3) is 0 Å².